The van der Waals surface area contributed by atoms with Crippen LogP contribution in [0.15, 0.2) is 78.9 Å². The molecule has 3 aromatic rings. The Balaban J connectivity index is 1.60. The molecule has 172 valence electrons. The van der Waals surface area contributed by atoms with Crippen molar-refractivity contribution in [2.75, 3.05) is 11.9 Å². The van der Waals surface area contributed by atoms with E-state index in [2.05, 4.69) is 43.4 Å². The molecule has 33 heavy (non-hydrogen) atoms. The first-order valence-corrected chi connectivity index (χ1v) is 12.1. The summed E-state index contributed by atoms with van der Waals surface area (Å²) in [6.07, 6.45) is 6.05. The topological polar surface area (TPSA) is 41.6 Å². The molecule has 4 heteroatoms. The highest BCUT2D eigenvalue weighted by atomic mass is 16.5. The smallest absolute Gasteiger partial charge is 0.258 e. The second-order valence-electron chi connectivity index (χ2n) is 8.91. The van der Waals surface area contributed by atoms with Crippen molar-refractivity contribution < 1.29 is 9.53 Å². The molecule has 1 atom stereocenters. The van der Waals surface area contributed by atoms with Crippen LogP contribution in [0.2, 0.25) is 0 Å². The summed E-state index contributed by atoms with van der Waals surface area (Å²) < 4.78 is 6.08. The van der Waals surface area contributed by atoms with Crippen LogP contribution in [0, 0.1) is 0 Å². The SMILES string of the molecule is CCCCCCCOc1cccc(C2(C)Nc3ccccc3C(=O)N2Cc2ccccc2)c1. The minimum absolute atomic E-state index is 0.0259. The van der Waals surface area contributed by atoms with E-state index < -0.39 is 5.66 Å². The van der Waals surface area contributed by atoms with Gasteiger partial charge in [-0.1, -0.05) is 87.2 Å². The standard InChI is InChI=1S/C29H34N2O2/c1-3-4-5-6-12-20-33-25-17-13-16-24(21-25)29(2)30-27-19-11-10-18-26(27)28(32)31(29)22-23-14-8-7-9-15-23/h7-11,13-19,21,30H,3-6,12,20,22H2,1-2H3. The second-order valence-corrected chi connectivity index (χ2v) is 8.91. The number of ether oxygens (including phenoxy) is 1. The maximum atomic E-state index is 13.6. The van der Waals surface area contributed by atoms with Gasteiger partial charge >= 0.3 is 0 Å². The number of unbranched alkanes of at least 4 members (excludes halogenated alkanes) is 4. The molecule has 1 aliphatic heterocycles. The van der Waals surface area contributed by atoms with Crippen LogP contribution in [0.1, 0.15) is 67.4 Å². The molecule has 1 unspecified atom stereocenters. The largest absolute Gasteiger partial charge is 0.494 e. The van der Waals surface area contributed by atoms with Crippen LogP contribution >= 0.6 is 0 Å². The fraction of sp³-hybridized carbons (Fsp3) is 0.345. The molecule has 0 aromatic heterocycles. The third-order valence-corrected chi connectivity index (χ3v) is 6.42. The molecule has 1 amide bonds. The zero-order chi connectivity index (χ0) is 23.1. The van der Waals surface area contributed by atoms with Crippen LogP contribution in [-0.2, 0) is 12.2 Å². The summed E-state index contributed by atoms with van der Waals surface area (Å²) in [7, 11) is 0. The number of nitrogens with zero attached hydrogens (tertiary/aromatic N) is 1. The van der Waals surface area contributed by atoms with Gasteiger partial charge in [0.1, 0.15) is 11.4 Å². The Morgan fingerprint density at radius 2 is 1.64 bits per heavy atom. The van der Waals surface area contributed by atoms with E-state index in [1.165, 1.54) is 25.7 Å². The Morgan fingerprint density at radius 3 is 2.45 bits per heavy atom. The number of rotatable bonds is 10. The average Bonchev–Trinajstić information content (AvgIpc) is 2.85. The zero-order valence-electron chi connectivity index (χ0n) is 19.7. The molecule has 1 N–H and O–H groups in total. The van der Waals surface area contributed by atoms with E-state index in [4.69, 9.17) is 4.74 Å². The molecule has 0 saturated carbocycles. The lowest BCUT2D eigenvalue weighted by molar-refractivity contribution is 0.0508. The minimum atomic E-state index is -0.707. The minimum Gasteiger partial charge on any atom is -0.494 e. The van der Waals surface area contributed by atoms with Gasteiger partial charge in [0.2, 0.25) is 0 Å². The molecule has 4 rings (SSSR count). The third-order valence-electron chi connectivity index (χ3n) is 6.42. The second kappa shape index (κ2) is 10.6. The van der Waals surface area contributed by atoms with E-state index in [9.17, 15) is 4.79 Å². The lowest BCUT2D eigenvalue weighted by atomic mass is 9.92. The Morgan fingerprint density at radius 1 is 0.879 bits per heavy atom. The molecular weight excluding hydrogens is 408 g/mol. The number of nitrogens with one attached hydrogen (secondary N) is 1. The molecule has 0 spiro atoms. The molecular formula is C29H34N2O2. The Hall–Kier alpha value is -3.27. The first-order chi connectivity index (χ1) is 16.1. The predicted octanol–water partition coefficient (Wildman–Crippen LogP) is 6.98. The Kier molecular flexibility index (Phi) is 7.33. The van der Waals surface area contributed by atoms with Gasteiger partial charge in [0.25, 0.3) is 5.91 Å². The summed E-state index contributed by atoms with van der Waals surface area (Å²) in [5.41, 5.74) is 2.95. The number of para-hydroxylation sites is 1. The molecule has 1 aliphatic rings. The summed E-state index contributed by atoms with van der Waals surface area (Å²) in [4.78, 5) is 15.6. The van der Waals surface area contributed by atoms with Gasteiger partial charge < -0.3 is 15.0 Å². The van der Waals surface area contributed by atoms with Gasteiger partial charge in [0.05, 0.1) is 12.2 Å². The molecule has 0 bridgehead atoms. The summed E-state index contributed by atoms with van der Waals surface area (Å²) in [6.45, 7) is 5.53. The van der Waals surface area contributed by atoms with Crippen molar-refractivity contribution in [2.45, 2.75) is 58.2 Å². The number of hydrogen-bond acceptors (Lipinski definition) is 3. The van der Waals surface area contributed by atoms with Crippen LogP contribution in [0.3, 0.4) is 0 Å². The van der Waals surface area contributed by atoms with Gasteiger partial charge in [-0.2, -0.15) is 0 Å². The third kappa shape index (κ3) is 5.22. The van der Waals surface area contributed by atoms with E-state index in [0.717, 1.165) is 29.0 Å². The predicted molar refractivity (Wildman–Crippen MR) is 134 cm³/mol. The van der Waals surface area contributed by atoms with E-state index in [1.807, 2.05) is 59.5 Å². The monoisotopic (exact) mass is 442 g/mol. The van der Waals surface area contributed by atoms with Crippen molar-refractivity contribution >= 4 is 11.6 Å². The first-order valence-electron chi connectivity index (χ1n) is 12.1. The highest BCUT2D eigenvalue weighted by Crippen LogP contribution is 2.39. The van der Waals surface area contributed by atoms with Crippen molar-refractivity contribution in [1.82, 2.24) is 4.90 Å². The summed E-state index contributed by atoms with van der Waals surface area (Å²) in [6, 6.07) is 26.0. The van der Waals surface area contributed by atoms with Crippen LogP contribution in [-0.4, -0.2) is 17.4 Å². The van der Waals surface area contributed by atoms with Gasteiger partial charge in [-0.15, -0.1) is 0 Å². The normalized spacial score (nSPS) is 17.4. The highest BCUT2D eigenvalue weighted by molar-refractivity contribution is 6.02. The zero-order valence-corrected chi connectivity index (χ0v) is 19.7. The van der Waals surface area contributed by atoms with Crippen molar-refractivity contribution in [1.29, 1.82) is 0 Å². The lowest BCUT2D eigenvalue weighted by Gasteiger charge is -2.47. The molecule has 3 aromatic carbocycles. The summed E-state index contributed by atoms with van der Waals surface area (Å²) in [5.74, 6) is 0.870. The van der Waals surface area contributed by atoms with Gasteiger partial charge in [0.15, 0.2) is 0 Å². The maximum Gasteiger partial charge on any atom is 0.258 e. The fourth-order valence-electron chi connectivity index (χ4n) is 4.47. The van der Waals surface area contributed by atoms with Gasteiger partial charge in [-0.25, -0.2) is 0 Å². The highest BCUT2D eigenvalue weighted by Gasteiger charge is 2.42. The maximum absolute atomic E-state index is 13.6. The summed E-state index contributed by atoms with van der Waals surface area (Å²) in [5, 5.41) is 3.66. The average molecular weight is 443 g/mol. The van der Waals surface area contributed by atoms with Crippen LogP contribution in [0.25, 0.3) is 0 Å². The molecule has 4 nitrogen and oxygen atoms in total. The van der Waals surface area contributed by atoms with E-state index in [1.54, 1.807) is 0 Å². The van der Waals surface area contributed by atoms with Crippen LogP contribution < -0.4 is 10.1 Å². The van der Waals surface area contributed by atoms with E-state index in [0.29, 0.717) is 18.7 Å². The number of benzene rings is 3. The van der Waals surface area contributed by atoms with Crippen molar-refractivity contribution in [3.63, 3.8) is 0 Å². The number of fused-ring (bicyclic) bond motifs is 1. The number of amides is 1. The summed E-state index contributed by atoms with van der Waals surface area (Å²) >= 11 is 0. The van der Waals surface area contributed by atoms with Gasteiger partial charge in [-0.05, 0) is 43.2 Å². The fourth-order valence-corrected chi connectivity index (χ4v) is 4.47. The van der Waals surface area contributed by atoms with Crippen molar-refractivity contribution in [3.05, 3.63) is 95.6 Å². The van der Waals surface area contributed by atoms with Crippen molar-refractivity contribution in [2.24, 2.45) is 0 Å². The molecule has 0 aliphatic carbocycles. The van der Waals surface area contributed by atoms with Gasteiger partial charge in [-0.3, -0.25) is 4.79 Å². The Labute approximate surface area is 197 Å². The molecule has 0 fully saturated rings. The first kappa shape index (κ1) is 22.9. The van der Waals surface area contributed by atoms with Crippen molar-refractivity contribution in [3.8, 4) is 5.75 Å². The van der Waals surface area contributed by atoms with E-state index in [-0.39, 0.29) is 5.91 Å². The number of anilines is 1. The van der Waals surface area contributed by atoms with Gasteiger partial charge in [0, 0.05) is 17.8 Å². The lowest BCUT2D eigenvalue weighted by Crippen LogP contribution is -2.55. The van der Waals surface area contributed by atoms with Crippen LogP contribution in [0.4, 0.5) is 5.69 Å². The Bertz CT molecular complexity index is 1070. The number of hydrogen-bond donors (Lipinski definition) is 1. The number of carbonyl (C=O) groups is 1. The molecule has 1 heterocycles. The van der Waals surface area contributed by atoms with Crippen LogP contribution in [0.5, 0.6) is 5.75 Å². The molecule has 0 saturated heterocycles. The quantitative estimate of drug-likeness (QED) is 0.345. The molecule has 0 radical (unpaired) electrons. The number of carbonyl (C=O) groups excluding carboxylic acids is 1. The van der Waals surface area contributed by atoms with E-state index >= 15 is 0 Å².